The first-order chi connectivity index (χ1) is 6.68. The van der Waals surface area contributed by atoms with Gasteiger partial charge in [-0.3, -0.25) is 0 Å². The summed E-state index contributed by atoms with van der Waals surface area (Å²) in [4.78, 5) is 0.572. The summed E-state index contributed by atoms with van der Waals surface area (Å²) in [6.07, 6.45) is 0. The van der Waals surface area contributed by atoms with Gasteiger partial charge < -0.3 is 4.52 Å². The quantitative estimate of drug-likeness (QED) is 0.674. The molecule has 0 unspecified atom stereocenters. The van der Waals surface area contributed by atoms with Gasteiger partial charge in [0.15, 0.2) is 0 Å². The average molecular weight is 207 g/mol. The molecule has 3 nitrogen and oxygen atoms in total. The van der Waals surface area contributed by atoms with E-state index < -0.39 is 0 Å². The molecule has 4 heteroatoms. The van der Waals surface area contributed by atoms with E-state index in [4.69, 9.17) is 0 Å². The first kappa shape index (κ1) is 9.15. The summed E-state index contributed by atoms with van der Waals surface area (Å²) in [5.41, 5.74) is 3.16. The maximum absolute atomic E-state index is 11.2. The third kappa shape index (κ3) is 1.48. The lowest BCUT2D eigenvalue weighted by Gasteiger charge is -2.02. The maximum Gasteiger partial charge on any atom is 0.379 e. The van der Waals surface area contributed by atoms with Crippen LogP contribution in [0.4, 0.5) is 0 Å². The Bertz CT molecular complexity index is 465. The zero-order valence-electron chi connectivity index (χ0n) is 7.90. The minimum absolute atomic E-state index is 0.359. The summed E-state index contributed by atoms with van der Waals surface area (Å²) >= 11 is 1.09. The number of benzene rings is 1. The van der Waals surface area contributed by atoms with Crippen LogP contribution in [0.2, 0.25) is 0 Å². The van der Waals surface area contributed by atoms with Crippen molar-refractivity contribution in [2.24, 2.45) is 0 Å². The first-order valence-corrected chi connectivity index (χ1v) is 4.99. The van der Waals surface area contributed by atoms with Gasteiger partial charge in [-0.15, -0.1) is 0 Å². The SMILES string of the molecule is Cc1ccc(-c2sn[o+]c2[O-])c(C)c1. The van der Waals surface area contributed by atoms with Gasteiger partial charge in [-0.25, -0.2) is 5.11 Å². The van der Waals surface area contributed by atoms with E-state index >= 15 is 0 Å². The van der Waals surface area contributed by atoms with Gasteiger partial charge in [0.25, 0.3) is 0 Å². The topological polar surface area (TPSA) is 47.2 Å². The van der Waals surface area contributed by atoms with Crippen molar-refractivity contribution in [3.63, 3.8) is 0 Å². The summed E-state index contributed by atoms with van der Waals surface area (Å²) in [6.45, 7) is 3.99. The van der Waals surface area contributed by atoms with E-state index in [0.717, 1.165) is 22.7 Å². The van der Waals surface area contributed by atoms with Crippen LogP contribution in [0.1, 0.15) is 11.1 Å². The molecule has 0 spiro atoms. The van der Waals surface area contributed by atoms with Gasteiger partial charge >= 0.3 is 5.95 Å². The lowest BCUT2D eigenvalue weighted by atomic mass is 10.1. The van der Waals surface area contributed by atoms with Crippen molar-refractivity contribution in [1.82, 2.24) is 4.55 Å². The molecule has 1 aromatic heterocycles. The molecule has 2 aromatic rings. The molecule has 1 aromatic carbocycles. The van der Waals surface area contributed by atoms with Crippen LogP contribution >= 0.6 is 11.5 Å². The molecule has 0 saturated carbocycles. The highest BCUT2D eigenvalue weighted by molar-refractivity contribution is 7.09. The standard InChI is InChI=1S/C10H9NO2S/c1-6-3-4-8(7(2)5-6)9-10(12)13-11-14-9/h3-5H,1-2H3. The smallest absolute Gasteiger partial charge is 0.301 e. The van der Waals surface area contributed by atoms with E-state index in [-0.39, 0.29) is 5.95 Å². The lowest BCUT2D eigenvalue weighted by molar-refractivity contribution is -0.296. The van der Waals surface area contributed by atoms with Crippen LogP contribution in [0.5, 0.6) is 5.95 Å². The van der Waals surface area contributed by atoms with Crippen LogP contribution in [0.15, 0.2) is 22.7 Å². The van der Waals surface area contributed by atoms with E-state index in [9.17, 15) is 5.11 Å². The van der Waals surface area contributed by atoms with Crippen LogP contribution in [-0.4, -0.2) is 4.55 Å². The van der Waals surface area contributed by atoms with Crippen molar-refractivity contribution in [2.45, 2.75) is 13.8 Å². The molecule has 0 bridgehead atoms. The molecule has 0 amide bonds. The van der Waals surface area contributed by atoms with Crippen LogP contribution in [-0.2, 0) is 0 Å². The first-order valence-electron chi connectivity index (χ1n) is 4.22. The molecule has 1 heterocycles. The van der Waals surface area contributed by atoms with Crippen molar-refractivity contribution in [1.29, 1.82) is 0 Å². The van der Waals surface area contributed by atoms with Gasteiger partial charge in [0.2, 0.25) is 0 Å². The van der Waals surface area contributed by atoms with Crippen molar-refractivity contribution in [3.8, 4) is 16.4 Å². The Morgan fingerprint density at radius 2 is 2.14 bits per heavy atom. The number of nitrogens with zero attached hydrogens (tertiary/aromatic N) is 1. The normalized spacial score (nSPS) is 10.4. The summed E-state index contributed by atoms with van der Waals surface area (Å²) in [6, 6.07) is 5.94. The number of hydrogen-bond acceptors (Lipinski definition) is 3. The Kier molecular flexibility index (Phi) is 2.21. The van der Waals surface area contributed by atoms with Crippen LogP contribution in [0, 0.1) is 13.8 Å². The monoisotopic (exact) mass is 207 g/mol. The zero-order chi connectivity index (χ0) is 10.1. The summed E-state index contributed by atoms with van der Waals surface area (Å²) < 4.78 is 8.03. The van der Waals surface area contributed by atoms with Crippen LogP contribution in [0.25, 0.3) is 10.4 Å². The second kappa shape index (κ2) is 3.38. The molecule has 0 aliphatic carbocycles. The van der Waals surface area contributed by atoms with Gasteiger partial charge in [-0.1, -0.05) is 23.8 Å². The van der Waals surface area contributed by atoms with Gasteiger partial charge in [0.05, 0.1) is 0 Å². The molecule has 14 heavy (non-hydrogen) atoms. The fourth-order valence-corrected chi connectivity index (χ4v) is 2.01. The molecule has 0 N–H and O–H groups in total. The van der Waals surface area contributed by atoms with E-state index in [1.165, 1.54) is 5.56 Å². The summed E-state index contributed by atoms with van der Waals surface area (Å²) in [5, 5.41) is 11.2. The third-order valence-corrected chi connectivity index (χ3v) is 2.78. The largest absolute Gasteiger partial charge is 0.379 e. The van der Waals surface area contributed by atoms with Crippen LogP contribution in [0.3, 0.4) is 0 Å². The van der Waals surface area contributed by atoms with Gasteiger partial charge in [0, 0.05) is 17.1 Å². The molecule has 2 rings (SSSR count). The fourth-order valence-electron chi connectivity index (χ4n) is 1.40. The van der Waals surface area contributed by atoms with Crippen molar-refractivity contribution >= 4 is 11.5 Å². The van der Waals surface area contributed by atoms with E-state index in [0.29, 0.717) is 4.88 Å². The summed E-state index contributed by atoms with van der Waals surface area (Å²) in [7, 11) is 0. The van der Waals surface area contributed by atoms with Crippen molar-refractivity contribution in [2.75, 3.05) is 0 Å². The van der Waals surface area contributed by atoms with Gasteiger partial charge in [0.1, 0.15) is 4.88 Å². The number of rotatable bonds is 1. The molecule has 0 atom stereocenters. The molecule has 0 saturated heterocycles. The minimum Gasteiger partial charge on any atom is -0.301 e. The lowest BCUT2D eigenvalue weighted by Crippen LogP contribution is -1.90. The Labute approximate surface area is 85.8 Å². The van der Waals surface area contributed by atoms with E-state index in [2.05, 4.69) is 9.07 Å². The Morgan fingerprint density at radius 3 is 2.71 bits per heavy atom. The average Bonchev–Trinajstić information content (AvgIpc) is 2.52. The molecule has 0 aliphatic heterocycles. The highest BCUT2D eigenvalue weighted by Crippen LogP contribution is 2.33. The third-order valence-electron chi connectivity index (χ3n) is 2.06. The highest BCUT2D eigenvalue weighted by Gasteiger charge is 2.13. The second-order valence-electron chi connectivity index (χ2n) is 3.19. The number of aromatic nitrogens is 1. The molecule has 0 radical (unpaired) electrons. The molecule has 0 aliphatic rings. The molecular weight excluding hydrogens is 198 g/mol. The zero-order valence-corrected chi connectivity index (χ0v) is 8.72. The fraction of sp³-hybridized carbons (Fsp3) is 0.200. The predicted molar refractivity (Wildman–Crippen MR) is 53.1 cm³/mol. The van der Waals surface area contributed by atoms with Gasteiger partial charge in [-0.2, -0.15) is 0 Å². The van der Waals surface area contributed by atoms with E-state index in [1.54, 1.807) is 0 Å². The second-order valence-corrected chi connectivity index (χ2v) is 3.93. The highest BCUT2D eigenvalue weighted by atomic mass is 32.1. The summed E-state index contributed by atoms with van der Waals surface area (Å²) in [5.74, 6) is -0.359. The van der Waals surface area contributed by atoms with E-state index in [1.807, 2.05) is 32.0 Å². The molecular formula is C10H9NO2S. The Balaban J connectivity index is 2.58. The Morgan fingerprint density at radius 1 is 1.36 bits per heavy atom. The molecule has 72 valence electrons. The van der Waals surface area contributed by atoms with Gasteiger partial charge in [-0.05, 0) is 24.0 Å². The number of hydrogen-bond donors (Lipinski definition) is 0. The van der Waals surface area contributed by atoms with Crippen molar-refractivity contribution in [3.05, 3.63) is 29.3 Å². The predicted octanol–water partition coefficient (Wildman–Crippen LogP) is 2.37. The minimum atomic E-state index is -0.359. The van der Waals surface area contributed by atoms with Crippen molar-refractivity contribution < 1.29 is 9.63 Å². The molecule has 0 fully saturated rings. The van der Waals surface area contributed by atoms with Crippen LogP contribution < -0.4 is 5.11 Å². The number of aryl methyl sites for hydroxylation is 2. The Hall–Kier alpha value is -1.42. The maximum atomic E-state index is 11.2.